The molecule has 0 aliphatic heterocycles. The topological polar surface area (TPSA) is 26.0 Å². The summed E-state index contributed by atoms with van der Waals surface area (Å²) < 4.78 is 0. The zero-order valence-electron chi connectivity index (χ0n) is 9.54. The predicted octanol–water partition coefficient (Wildman–Crippen LogP) is 3.33. The van der Waals surface area contributed by atoms with Gasteiger partial charge in [-0.3, -0.25) is 0 Å². The number of rotatable bonds is 2. The van der Waals surface area contributed by atoms with E-state index in [4.69, 9.17) is 5.73 Å². The molecule has 0 amide bonds. The van der Waals surface area contributed by atoms with Crippen LogP contribution in [-0.4, -0.2) is 6.04 Å². The Morgan fingerprint density at radius 2 is 1.86 bits per heavy atom. The van der Waals surface area contributed by atoms with Gasteiger partial charge in [0, 0.05) is 6.04 Å². The van der Waals surface area contributed by atoms with Crippen LogP contribution in [0.1, 0.15) is 58.3 Å². The van der Waals surface area contributed by atoms with Gasteiger partial charge >= 0.3 is 0 Å². The van der Waals surface area contributed by atoms with E-state index in [9.17, 15) is 0 Å². The third kappa shape index (κ3) is 2.50. The van der Waals surface area contributed by atoms with Crippen LogP contribution >= 0.6 is 0 Å². The largest absolute Gasteiger partial charge is 0.327 e. The van der Waals surface area contributed by atoms with E-state index in [0.717, 1.165) is 17.8 Å². The van der Waals surface area contributed by atoms with E-state index in [-0.39, 0.29) is 0 Å². The Kier molecular flexibility index (Phi) is 3.48. The molecule has 1 nitrogen and oxygen atoms in total. The first-order chi connectivity index (χ1) is 6.75. The fourth-order valence-electron chi connectivity index (χ4n) is 3.56. The lowest BCUT2D eigenvalue weighted by molar-refractivity contribution is 0.232. The molecular formula is C13H25N. The molecule has 2 aliphatic rings. The molecule has 0 aromatic rings. The van der Waals surface area contributed by atoms with E-state index in [1.807, 2.05) is 0 Å². The molecule has 82 valence electrons. The maximum atomic E-state index is 6.13. The highest BCUT2D eigenvalue weighted by molar-refractivity contribution is 4.83. The fourth-order valence-corrected chi connectivity index (χ4v) is 3.56. The molecule has 2 fully saturated rings. The van der Waals surface area contributed by atoms with E-state index in [2.05, 4.69) is 6.92 Å². The first-order valence-electron chi connectivity index (χ1n) is 6.51. The molecule has 2 N–H and O–H groups in total. The van der Waals surface area contributed by atoms with Crippen molar-refractivity contribution in [3.8, 4) is 0 Å². The Morgan fingerprint density at radius 3 is 2.50 bits per heavy atom. The molecular weight excluding hydrogens is 170 g/mol. The van der Waals surface area contributed by atoms with Crippen LogP contribution in [0.25, 0.3) is 0 Å². The van der Waals surface area contributed by atoms with Crippen LogP contribution in [0.15, 0.2) is 0 Å². The Morgan fingerprint density at radius 1 is 1.07 bits per heavy atom. The van der Waals surface area contributed by atoms with Crippen molar-refractivity contribution in [2.75, 3.05) is 0 Å². The first kappa shape index (κ1) is 10.5. The lowest BCUT2D eigenvalue weighted by Crippen LogP contribution is -2.27. The van der Waals surface area contributed by atoms with Gasteiger partial charge in [0.15, 0.2) is 0 Å². The van der Waals surface area contributed by atoms with Gasteiger partial charge in [-0.05, 0) is 43.4 Å². The van der Waals surface area contributed by atoms with Gasteiger partial charge in [-0.2, -0.15) is 0 Å². The molecule has 0 heterocycles. The third-order valence-electron chi connectivity index (χ3n) is 4.40. The molecule has 2 rings (SSSR count). The highest BCUT2D eigenvalue weighted by Gasteiger charge is 2.28. The molecule has 1 heteroatoms. The second-order valence-electron chi connectivity index (χ2n) is 5.73. The Balaban J connectivity index is 1.78. The Hall–Kier alpha value is -0.0400. The molecule has 0 radical (unpaired) electrons. The maximum absolute atomic E-state index is 6.13. The van der Waals surface area contributed by atoms with Crippen molar-refractivity contribution in [3.05, 3.63) is 0 Å². The molecule has 0 saturated heterocycles. The second kappa shape index (κ2) is 4.65. The van der Waals surface area contributed by atoms with Crippen LogP contribution in [0.5, 0.6) is 0 Å². The van der Waals surface area contributed by atoms with Crippen molar-refractivity contribution in [2.45, 2.75) is 64.3 Å². The Bertz CT molecular complexity index is 178. The minimum atomic E-state index is 0.534. The van der Waals surface area contributed by atoms with Crippen LogP contribution in [0.4, 0.5) is 0 Å². The summed E-state index contributed by atoms with van der Waals surface area (Å²) in [5.41, 5.74) is 6.13. The summed E-state index contributed by atoms with van der Waals surface area (Å²) in [7, 11) is 0. The van der Waals surface area contributed by atoms with E-state index in [1.54, 1.807) is 0 Å². The summed E-state index contributed by atoms with van der Waals surface area (Å²) in [5.74, 6) is 2.85. The number of nitrogens with two attached hydrogens (primary N) is 1. The molecule has 0 spiro atoms. The first-order valence-corrected chi connectivity index (χ1v) is 6.51. The Labute approximate surface area is 88.4 Å². The molecule has 14 heavy (non-hydrogen) atoms. The van der Waals surface area contributed by atoms with Crippen molar-refractivity contribution < 1.29 is 0 Å². The molecule has 0 bridgehead atoms. The van der Waals surface area contributed by atoms with Crippen LogP contribution in [0.2, 0.25) is 0 Å². The van der Waals surface area contributed by atoms with Crippen LogP contribution in [0, 0.1) is 17.8 Å². The van der Waals surface area contributed by atoms with Gasteiger partial charge in [0.1, 0.15) is 0 Å². The monoisotopic (exact) mass is 195 g/mol. The van der Waals surface area contributed by atoms with E-state index >= 15 is 0 Å². The minimum absolute atomic E-state index is 0.534. The number of hydrogen-bond acceptors (Lipinski definition) is 1. The SMILES string of the molecule is CC1CCCC(CC2CCCC2N)C1. The van der Waals surface area contributed by atoms with Crippen LogP contribution in [-0.2, 0) is 0 Å². The molecule has 4 unspecified atom stereocenters. The van der Waals surface area contributed by atoms with Gasteiger partial charge in [-0.25, -0.2) is 0 Å². The summed E-state index contributed by atoms with van der Waals surface area (Å²) >= 11 is 0. The van der Waals surface area contributed by atoms with Crippen LogP contribution in [0.3, 0.4) is 0 Å². The summed E-state index contributed by atoms with van der Waals surface area (Å²) in [4.78, 5) is 0. The van der Waals surface area contributed by atoms with Gasteiger partial charge in [0.2, 0.25) is 0 Å². The molecule has 4 atom stereocenters. The van der Waals surface area contributed by atoms with Gasteiger partial charge in [0.25, 0.3) is 0 Å². The molecule has 0 aromatic carbocycles. The minimum Gasteiger partial charge on any atom is -0.327 e. The third-order valence-corrected chi connectivity index (χ3v) is 4.40. The fraction of sp³-hybridized carbons (Fsp3) is 1.00. The average molecular weight is 195 g/mol. The van der Waals surface area contributed by atoms with Gasteiger partial charge in [0.05, 0.1) is 0 Å². The molecule has 2 aliphatic carbocycles. The molecule has 0 aromatic heterocycles. The zero-order valence-corrected chi connectivity index (χ0v) is 9.54. The highest BCUT2D eigenvalue weighted by atomic mass is 14.7. The summed E-state index contributed by atoms with van der Waals surface area (Å²) in [6.45, 7) is 2.42. The number of hydrogen-bond donors (Lipinski definition) is 1. The van der Waals surface area contributed by atoms with Crippen LogP contribution < -0.4 is 5.73 Å². The van der Waals surface area contributed by atoms with E-state index < -0.39 is 0 Å². The summed E-state index contributed by atoms with van der Waals surface area (Å²) in [6.07, 6.45) is 11.4. The van der Waals surface area contributed by atoms with Crippen molar-refractivity contribution in [1.82, 2.24) is 0 Å². The van der Waals surface area contributed by atoms with Gasteiger partial charge < -0.3 is 5.73 Å². The highest BCUT2D eigenvalue weighted by Crippen LogP contribution is 2.37. The average Bonchev–Trinajstić information content (AvgIpc) is 2.52. The van der Waals surface area contributed by atoms with Crippen molar-refractivity contribution >= 4 is 0 Å². The van der Waals surface area contributed by atoms with Crippen molar-refractivity contribution in [2.24, 2.45) is 23.5 Å². The quantitative estimate of drug-likeness (QED) is 0.718. The lowest BCUT2D eigenvalue weighted by Gasteiger charge is -2.29. The van der Waals surface area contributed by atoms with Crippen molar-refractivity contribution in [1.29, 1.82) is 0 Å². The summed E-state index contributed by atoms with van der Waals surface area (Å²) in [5, 5.41) is 0. The van der Waals surface area contributed by atoms with E-state index in [0.29, 0.717) is 6.04 Å². The normalized spacial score (nSPS) is 44.1. The molecule has 2 saturated carbocycles. The summed E-state index contributed by atoms with van der Waals surface area (Å²) in [6, 6.07) is 0.534. The standard InChI is InChI=1S/C13H25N/c1-10-4-2-5-11(8-10)9-12-6-3-7-13(12)14/h10-13H,2-9,14H2,1H3. The maximum Gasteiger partial charge on any atom is 0.00672 e. The predicted molar refractivity (Wildman–Crippen MR) is 61.1 cm³/mol. The second-order valence-corrected chi connectivity index (χ2v) is 5.73. The smallest absolute Gasteiger partial charge is 0.00672 e. The van der Waals surface area contributed by atoms with Crippen molar-refractivity contribution in [3.63, 3.8) is 0 Å². The van der Waals surface area contributed by atoms with Gasteiger partial charge in [-0.1, -0.05) is 32.6 Å². The lowest BCUT2D eigenvalue weighted by atomic mass is 9.77. The van der Waals surface area contributed by atoms with Gasteiger partial charge in [-0.15, -0.1) is 0 Å². The van der Waals surface area contributed by atoms with E-state index in [1.165, 1.54) is 51.4 Å². The zero-order chi connectivity index (χ0) is 9.97.